The molecule has 35 heavy (non-hydrogen) atoms. The Labute approximate surface area is 212 Å². The zero-order valence-corrected chi connectivity index (χ0v) is 20.2. The lowest BCUT2D eigenvalue weighted by Gasteiger charge is -2.11. The fraction of sp³-hybridized carbons (Fsp3) is 0.160. The molecule has 0 aliphatic carbocycles. The van der Waals surface area contributed by atoms with Crippen LogP contribution in [-0.4, -0.2) is 46.1 Å². The molecule has 0 spiro atoms. The number of rotatable bonds is 7. The van der Waals surface area contributed by atoms with E-state index in [0.717, 1.165) is 35.4 Å². The van der Waals surface area contributed by atoms with Crippen molar-refractivity contribution in [2.75, 3.05) is 41.2 Å². The molecule has 0 saturated heterocycles. The number of aromatic nitrogens is 2. The third-order valence-corrected chi connectivity index (χ3v) is 5.96. The Morgan fingerprint density at radius 1 is 1.03 bits per heavy atom. The number of hydrogen-bond donors (Lipinski definition) is 2. The van der Waals surface area contributed by atoms with Gasteiger partial charge in [-0.05, 0) is 60.7 Å². The summed E-state index contributed by atoms with van der Waals surface area (Å²) in [5, 5.41) is 14.1. The van der Waals surface area contributed by atoms with Crippen molar-refractivity contribution in [1.29, 1.82) is 0 Å². The van der Waals surface area contributed by atoms with Gasteiger partial charge in [0, 0.05) is 27.3 Å². The second-order valence-electron chi connectivity index (χ2n) is 7.95. The van der Waals surface area contributed by atoms with Crippen LogP contribution in [0.3, 0.4) is 0 Å². The molecule has 0 atom stereocenters. The number of carbonyl (C=O) groups excluding carboxylic acids is 1. The first-order chi connectivity index (χ1) is 17.1. The summed E-state index contributed by atoms with van der Waals surface area (Å²) in [4.78, 5) is 21.6. The number of halogens is 2. The van der Waals surface area contributed by atoms with Gasteiger partial charge in [-0.1, -0.05) is 17.7 Å². The van der Waals surface area contributed by atoms with Crippen LogP contribution < -0.4 is 15.6 Å². The molecule has 4 aromatic rings. The standard InChI is InChI=1S/C25H21Cl2N7O/c26-10-11-33-12-13-34(32-33)21-7-4-17(5-8-21)25(35)31-20-6-9-23-22(15-20)24(29-16-28-23)30-19-3-1-2-18(27)14-19/h1-9,14-16,32H,10-13H2/p+1. The molecule has 3 aromatic carbocycles. The van der Waals surface area contributed by atoms with Gasteiger partial charge in [0.25, 0.3) is 5.91 Å². The van der Waals surface area contributed by atoms with Crippen molar-refractivity contribution < 1.29 is 9.49 Å². The van der Waals surface area contributed by atoms with Gasteiger partial charge in [0.1, 0.15) is 30.9 Å². The van der Waals surface area contributed by atoms with Gasteiger partial charge in [-0.2, -0.15) is 4.70 Å². The van der Waals surface area contributed by atoms with E-state index in [2.05, 4.69) is 25.8 Å². The summed E-state index contributed by atoms with van der Waals surface area (Å²) in [5.41, 5.74) is 3.68. The molecule has 0 bridgehead atoms. The van der Waals surface area contributed by atoms with Crippen LogP contribution in [0, 0.1) is 0 Å². The number of amides is 1. The Morgan fingerprint density at radius 2 is 1.89 bits per heavy atom. The number of fused-ring (bicyclic) bond motifs is 1. The van der Waals surface area contributed by atoms with Crippen molar-refractivity contribution in [3.05, 3.63) is 83.6 Å². The van der Waals surface area contributed by atoms with Crippen molar-refractivity contribution >= 4 is 62.9 Å². The summed E-state index contributed by atoms with van der Waals surface area (Å²) in [5.74, 6) is 0.949. The minimum atomic E-state index is -0.209. The summed E-state index contributed by atoms with van der Waals surface area (Å²) in [6.45, 7) is 2.33. The summed E-state index contributed by atoms with van der Waals surface area (Å²) in [6, 6.07) is 20.3. The van der Waals surface area contributed by atoms with Crippen LogP contribution in [-0.2, 0) is 0 Å². The molecule has 0 fully saturated rings. The molecule has 8 nitrogen and oxygen atoms in total. The van der Waals surface area contributed by atoms with E-state index in [1.165, 1.54) is 6.33 Å². The average Bonchev–Trinajstić information content (AvgIpc) is 3.33. The number of hydrogen-bond acceptors (Lipinski definition) is 6. The molecule has 2 heterocycles. The van der Waals surface area contributed by atoms with Crippen LogP contribution in [0.4, 0.5) is 22.9 Å². The fourth-order valence-electron chi connectivity index (χ4n) is 3.81. The molecule has 1 aliphatic heterocycles. The van der Waals surface area contributed by atoms with Crippen LogP contribution >= 0.6 is 23.2 Å². The quantitative estimate of drug-likeness (QED) is 0.247. The number of nitrogens with zero attached hydrogens (tertiary/aromatic N) is 5. The van der Waals surface area contributed by atoms with Gasteiger partial charge >= 0.3 is 0 Å². The van der Waals surface area contributed by atoms with E-state index >= 15 is 0 Å². The predicted octanol–water partition coefficient (Wildman–Crippen LogP) is 5.72. The predicted molar refractivity (Wildman–Crippen MR) is 139 cm³/mol. The third kappa shape index (κ3) is 5.34. The minimum Gasteiger partial charge on any atom is -0.340 e. The minimum absolute atomic E-state index is 0.209. The van der Waals surface area contributed by atoms with E-state index in [-0.39, 0.29) is 5.91 Å². The zero-order valence-electron chi connectivity index (χ0n) is 18.7. The van der Waals surface area contributed by atoms with Gasteiger partial charge in [0.2, 0.25) is 0 Å². The lowest BCUT2D eigenvalue weighted by molar-refractivity contribution is -0.575. The highest BCUT2D eigenvalue weighted by Gasteiger charge is 2.23. The molecular weight excluding hydrogens is 485 g/mol. The first-order valence-electron chi connectivity index (χ1n) is 11.1. The maximum atomic E-state index is 12.9. The number of benzene rings is 3. The summed E-state index contributed by atoms with van der Waals surface area (Å²) >= 11 is 11.9. The molecule has 176 valence electrons. The molecular formula is C25H22Cl2N7O+. The van der Waals surface area contributed by atoms with Crippen LogP contribution in [0.15, 0.2) is 78.3 Å². The smallest absolute Gasteiger partial charge is 0.255 e. The van der Waals surface area contributed by atoms with Gasteiger partial charge in [0.05, 0.1) is 16.6 Å². The average molecular weight is 507 g/mol. The Morgan fingerprint density at radius 3 is 2.69 bits per heavy atom. The second kappa shape index (κ2) is 10.2. The lowest BCUT2D eigenvalue weighted by atomic mass is 10.1. The molecule has 5 rings (SSSR count). The highest BCUT2D eigenvalue weighted by atomic mass is 35.5. The monoisotopic (exact) mass is 506 g/mol. The largest absolute Gasteiger partial charge is 0.340 e. The third-order valence-electron chi connectivity index (χ3n) is 5.56. The first kappa shape index (κ1) is 23.0. The van der Waals surface area contributed by atoms with E-state index in [4.69, 9.17) is 23.2 Å². The van der Waals surface area contributed by atoms with E-state index in [1.54, 1.807) is 18.2 Å². The first-order valence-corrected chi connectivity index (χ1v) is 12.0. The van der Waals surface area contributed by atoms with E-state index in [9.17, 15) is 4.79 Å². The maximum absolute atomic E-state index is 12.9. The van der Waals surface area contributed by atoms with Crippen LogP contribution in [0.2, 0.25) is 5.02 Å². The maximum Gasteiger partial charge on any atom is 0.255 e. The fourth-order valence-corrected chi connectivity index (χ4v) is 4.20. The van der Waals surface area contributed by atoms with E-state index < -0.39 is 0 Å². The van der Waals surface area contributed by atoms with Gasteiger partial charge in [-0.15, -0.1) is 16.6 Å². The molecule has 1 amide bonds. The van der Waals surface area contributed by atoms with Gasteiger partial charge < -0.3 is 10.6 Å². The molecule has 1 aromatic heterocycles. The highest BCUT2D eigenvalue weighted by molar-refractivity contribution is 6.30. The van der Waals surface area contributed by atoms with Gasteiger partial charge in [0.15, 0.2) is 6.54 Å². The molecule has 0 saturated carbocycles. The Kier molecular flexibility index (Phi) is 6.74. The van der Waals surface area contributed by atoms with E-state index in [1.807, 2.05) is 58.2 Å². The lowest BCUT2D eigenvalue weighted by Crippen LogP contribution is -2.15. The number of carbonyl (C=O) groups is 1. The molecule has 0 unspecified atom stereocenters. The molecule has 2 N–H and O–H groups in total. The van der Waals surface area contributed by atoms with Gasteiger partial charge in [-0.3, -0.25) is 4.79 Å². The van der Waals surface area contributed by atoms with Crippen LogP contribution in [0.25, 0.3) is 10.9 Å². The highest BCUT2D eigenvalue weighted by Crippen LogP contribution is 2.27. The summed E-state index contributed by atoms with van der Waals surface area (Å²) in [7, 11) is 0. The van der Waals surface area contributed by atoms with Crippen LogP contribution in [0.1, 0.15) is 10.4 Å². The topological polar surface area (TPSA) is 85.5 Å². The Bertz CT molecular complexity index is 1410. The molecule has 10 heteroatoms. The SMILES string of the molecule is O=C(Nc1ccc2ncnc(Nc3cccc(Cl)c3)c2c1)c1ccc(N2CC[N+](CCCl)=N2)cc1. The normalized spacial score (nSPS) is 13.1. The molecule has 1 aliphatic rings. The number of nitrogens with one attached hydrogen (secondary N) is 2. The number of anilines is 4. The summed E-state index contributed by atoms with van der Waals surface area (Å²) < 4.78 is 1.94. The molecule has 0 radical (unpaired) electrons. The van der Waals surface area contributed by atoms with Crippen molar-refractivity contribution in [3.63, 3.8) is 0 Å². The summed E-state index contributed by atoms with van der Waals surface area (Å²) in [6.07, 6.45) is 1.50. The zero-order chi connectivity index (χ0) is 24.2. The Hall–Kier alpha value is -3.75. The second-order valence-corrected chi connectivity index (χ2v) is 8.76. The van der Waals surface area contributed by atoms with Crippen molar-refractivity contribution in [1.82, 2.24) is 9.97 Å². The van der Waals surface area contributed by atoms with E-state index in [0.29, 0.717) is 34.5 Å². The number of alkyl halides is 1. The van der Waals surface area contributed by atoms with Crippen LogP contribution in [0.5, 0.6) is 0 Å². The van der Waals surface area contributed by atoms with Crippen molar-refractivity contribution in [2.24, 2.45) is 5.22 Å². The van der Waals surface area contributed by atoms with Gasteiger partial charge in [-0.25, -0.2) is 9.97 Å². The van der Waals surface area contributed by atoms with Crippen molar-refractivity contribution in [3.8, 4) is 0 Å². The van der Waals surface area contributed by atoms with Crippen molar-refractivity contribution in [2.45, 2.75) is 0 Å². The Balaban J connectivity index is 1.32.